The molecule has 45 valence electrons. The maximum atomic E-state index is 5.31. The summed E-state index contributed by atoms with van der Waals surface area (Å²) >= 11 is 5.31. The van der Waals surface area contributed by atoms with Gasteiger partial charge in [-0.3, -0.25) is 0 Å². The van der Waals surface area contributed by atoms with Crippen LogP contribution >= 0.6 is 11.6 Å². The number of rotatable bonds is 2. The van der Waals surface area contributed by atoms with Crippen molar-refractivity contribution in [3.8, 4) is 12.0 Å². The van der Waals surface area contributed by atoms with Gasteiger partial charge < -0.3 is 4.74 Å². The maximum Gasteiger partial charge on any atom is 0.110 e. The zero-order chi connectivity index (χ0) is 6.24. The molecule has 2 heteroatoms. The van der Waals surface area contributed by atoms with E-state index in [9.17, 15) is 0 Å². The van der Waals surface area contributed by atoms with E-state index in [1.54, 1.807) is 0 Å². The van der Waals surface area contributed by atoms with Gasteiger partial charge in [-0.25, -0.2) is 0 Å². The highest BCUT2D eigenvalue weighted by Crippen LogP contribution is 1.79. The van der Waals surface area contributed by atoms with Crippen LogP contribution < -0.4 is 0 Å². The van der Waals surface area contributed by atoms with Crippen molar-refractivity contribution < 1.29 is 4.74 Å². The highest BCUT2D eigenvalue weighted by Gasteiger charge is 1.70. The molecule has 0 heterocycles. The van der Waals surface area contributed by atoms with Crippen LogP contribution in [-0.4, -0.2) is 12.5 Å². The van der Waals surface area contributed by atoms with Crippen molar-refractivity contribution >= 4 is 11.6 Å². The second-order valence-electron chi connectivity index (χ2n) is 1.07. The molecule has 0 N–H and O–H groups in total. The molecule has 0 unspecified atom stereocenters. The van der Waals surface area contributed by atoms with Gasteiger partial charge in [-0.15, -0.1) is 11.6 Å². The van der Waals surface area contributed by atoms with Gasteiger partial charge in [0.25, 0.3) is 0 Å². The van der Waals surface area contributed by atoms with Gasteiger partial charge in [0.1, 0.15) is 12.7 Å². The molecule has 0 bridgehead atoms. The van der Waals surface area contributed by atoms with Crippen molar-refractivity contribution in [2.75, 3.05) is 12.5 Å². The van der Waals surface area contributed by atoms with Crippen LogP contribution in [0.1, 0.15) is 6.42 Å². The van der Waals surface area contributed by atoms with Crippen molar-refractivity contribution in [3.05, 3.63) is 6.92 Å². The Kier molecular flexibility index (Phi) is 6.36. The van der Waals surface area contributed by atoms with E-state index in [4.69, 9.17) is 11.6 Å². The molecule has 0 aromatic heterocycles. The van der Waals surface area contributed by atoms with E-state index >= 15 is 0 Å². The summed E-state index contributed by atoms with van der Waals surface area (Å²) in [6, 6.07) is 0. The first-order valence-electron chi connectivity index (χ1n) is 2.36. The molecule has 0 aromatic carbocycles. The summed E-state index contributed by atoms with van der Waals surface area (Å²) in [6.07, 6.45) is 3.12. The van der Waals surface area contributed by atoms with E-state index in [1.165, 1.54) is 0 Å². The lowest BCUT2D eigenvalue weighted by atomic mass is 10.5. The van der Waals surface area contributed by atoms with Crippen molar-refractivity contribution in [2.45, 2.75) is 6.42 Å². The molecule has 0 aliphatic heterocycles. The Morgan fingerprint density at radius 2 is 2.38 bits per heavy atom. The second-order valence-corrected chi connectivity index (χ2v) is 1.44. The molecular formula is C6H8ClO. The van der Waals surface area contributed by atoms with Crippen molar-refractivity contribution in [2.24, 2.45) is 0 Å². The lowest BCUT2D eigenvalue weighted by Gasteiger charge is -1.83. The van der Waals surface area contributed by atoms with Crippen molar-refractivity contribution in [1.29, 1.82) is 0 Å². The molecule has 0 aromatic rings. The zero-order valence-electron chi connectivity index (χ0n) is 4.61. The van der Waals surface area contributed by atoms with Crippen LogP contribution in [0.5, 0.6) is 0 Å². The van der Waals surface area contributed by atoms with Crippen LogP contribution in [-0.2, 0) is 4.74 Å². The predicted molar refractivity (Wildman–Crippen MR) is 34.4 cm³/mol. The normalized spacial score (nSPS) is 7.25. The van der Waals surface area contributed by atoms with E-state index in [1.807, 2.05) is 0 Å². The quantitative estimate of drug-likeness (QED) is 0.407. The second kappa shape index (κ2) is 6.65. The maximum absolute atomic E-state index is 5.31. The molecule has 0 saturated heterocycles. The molecule has 1 nitrogen and oxygen atoms in total. The van der Waals surface area contributed by atoms with Gasteiger partial charge in [-0.05, 0) is 6.92 Å². The summed E-state index contributed by atoms with van der Waals surface area (Å²) in [5.74, 6) is 3.25. The monoisotopic (exact) mass is 131 g/mol. The predicted octanol–water partition coefficient (Wildman–Crippen LogP) is 1.43. The van der Waals surface area contributed by atoms with Crippen LogP contribution in [0.15, 0.2) is 0 Å². The number of halogens is 1. The molecule has 0 atom stereocenters. The fourth-order valence-corrected chi connectivity index (χ4v) is 0.295. The first kappa shape index (κ1) is 7.65. The molecule has 0 amide bonds. The van der Waals surface area contributed by atoms with Gasteiger partial charge in [0, 0.05) is 12.3 Å². The number of hydrogen-bond donors (Lipinski definition) is 0. The SMILES string of the molecule is [CH2]COC#CCCCl. The lowest BCUT2D eigenvalue weighted by molar-refractivity contribution is 0.319. The molecule has 0 aliphatic carbocycles. The first-order valence-corrected chi connectivity index (χ1v) is 2.90. The van der Waals surface area contributed by atoms with Crippen molar-refractivity contribution in [3.63, 3.8) is 0 Å². The van der Waals surface area contributed by atoms with Crippen LogP contribution in [0.25, 0.3) is 0 Å². The van der Waals surface area contributed by atoms with Gasteiger partial charge in [0.05, 0.1) is 0 Å². The minimum absolute atomic E-state index is 0.398. The Balaban J connectivity index is 2.95. The van der Waals surface area contributed by atoms with E-state index in [0.29, 0.717) is 18.9 Å². The smallest absolute Gasteiger partial charge is 0.110 e. The van der Waals surface area contributed by atoms with Crippen LogP contribution in [0.4, 0.5) is 0 Å². The first-order chi connectivity index (χ1) is 3.91. The summed E-state index contributed by atoms with van der Waals surface area (Å²) in [5, 5.41) is 0. The molecule has 0 aliphatic rings. The van der Waals surface area contributed by atoms with Gasteiger partial charge in [0.2, 0.25) is 0 Å². The summed E-state index contributed by atoms with van der Waals surface area (Å²) in [7, 11) is 0. The number of hydrogen-bond acceptors (Lipinski definition) is 1. The third kappa shape index (κ3) is 5.65. The van der Waals surface area contributed by atoms with Crippen molar-refractivity contribution in [1.82, 2.24) is 0 Å². The van der Waals surface area contributed by atoms with E-state index < -0.39 is 0 Å². The molecule has 0 spiro atoms. The van der Waals surface area contributed by atoms with Gasteiger partial charge in [-0.1, -0.05) is 5.92 Å². The standard InChI is InChI=1S/C6H8ClO/c1-2-8-6-4-3-5-7/h1-3,5H2. The van der Waals surface area contributed by atoms with Gasteiger partial charge in [0.15, 0.2) is 0 Å². The molecule has 0 fully saturated rings. The van der Waals surface area contributed by atoms with Gasteiger partial charge in [-0.2, -0.15) is 0 Å². The van der Waals surface area contributed by atoms with Crippen LogP contribution in [0.3, 0.4) is 0 Å². The third-order valence-electron chi connectivity index (χ3n) is 0.466. The summed E-state index contributed by atoms with van der Waals surface area (Å²) < 4.78 is 4.60. The Morgan fingerprint density at radius 3 is 2.88 bits per heavy atom. The minimum Gasteiger partial charge on any atom is -0.447 e. The molecule has 8 heavy (non-hydrogen) atoms. The zero-order valence-corrected chi connectivity index (χ0v) is 5.37. The fraction of sp³-hybridized carbons (Fsp3) is 0.500. The Bertz CT molecular complexity index is 80.4. The van der Waals surface area contributed by atoms with Crippen LogP contribution in [0, 0.1) is 19.0 Å². The molecule has 0 rings (SSSR count). The Labute approximate surface area is 55.0 Å². The summed E-state index contributed by atoms with van der Waals surface area (Å²) in [6.45, 7) is 3.82. The summed E-state index contributed by atoms with van der Waals surface area (Å²) in [4.78, 5) is 0. The molecule has 1 radical (unpaired) electrons. The highest BCUT2D eigenvalue weighted by atomic mass is 35.5. The van der Waals surface area contributed by atoms with E-state index in [0.717, 1.165) is 0 Å². The Morgan fingerprint density at radius 1 is 1.62 bits per heavy atom. The largest absolute Gasteiger partial charge is 0.447 e. The fourth-order valence-electron chi connectivity index (χ4n) is 0.200. The molecular weight excluding hydrogens is 124 g/mol. The lowest BCUT2D eigenvalue weighted by Crippen LogP contribution is -1.77. The van der Waals surface area contributed by atoms with E-state index in [2.05, 4.69) is 23.7 Å². The Hall–Kier alpha value is -0.350. The number of alkyl halides is 1. The minimum atomic E-state index is 0.398. The van der Waals surface area contributed by atoms with E-state index in [-0.39, 0.29) is 0 Å². The van der Waals surface area contributed by atoms with Gasteiger partial charge >= 0.3 is 0 Å². The summed E-state index contributed by atoms with van der Waals surface area (Å²) in [5.41, 5.74) is 0. The van der Waals surface area contributed by atoms with Crippen LogP contribution in [0.2, 0.25) is 0 Å². The topological polar surface area (TPSA) is 9.23 Å². The third-order valence-corrected chi connectivity index (χ3v) is 0.655. The average molecular weight is 132 g/mol. The molecule has 0 saturated carbocycles. The number of ether oxygens (including phenoxy) is 1. The highest BCUT2D eigenvalue weighted by molar-refractivity contribution is 6.17. The average Bonchev–Trinajstić information content (AvgIpc) is 1.81.